The Bertz CT molecular complexity index is 1330. The smallest absolute Gasteiger partial charge is 0.219 e. The van der Waals surface area contributed by atoms with Crippen molar-refractivity contribution in [1.29, 1.82) is 0 Å². The molecule has 1 fully saturated rings. The minimum absolute atomic E-state index is 0.163. The van der Waals surface area contributed by atoms with Crippen LogP contribution in [0.25, 0.3) is 11.1 Å². The number of amides is 1. The van der Waals surface area contributed by atoms with E-state index in [1.807, 2.05) is 0 Å². The first-order valence-electron chi connectivity index (χ1n) is 14.6. The van der Waals surface area contributed by atoms with E-state index in [0.29, 0.717) is 12.6 Å². The minimum Gasteiger partial charge on any atom is -0.336 e. The standard InChI is InChI=1S/C36H41N3O/c1-29(40)39(36-20-23-38(24-21-36)27-32-11-6-3-7-12-32)28-33-13-8-14-35(25-33)34-17-15-31(16-18-34)26-37-22-19-30-9-4-2-5-10-30/h2-18,25,36-37H,19-24,26-28H2,1H3. The van der Waals surface area contributed by atoms with Crippen molar-refractivity contribution in [2.75, 3.05) is 19.6 Å². The van der Waals surface area contributed by atoms with E-state index in [-0.39, 0.29) is 5.91 Å². The molecule has 1 heterocycles. The quantitative estimate of drug-likeness (QED) is 0.219. The van der Waals surface area contributed by atoms with Crippen molar-refractivity contribution >= 4 is 5.91 Å². The number of likely N-dealkylation sites (tertiary alicyclic amines) is 1. The van der Waals surface area contributed by atoms with Crippen LogP contribution in [0.5, 0.6) is 0 Å². The highest BCUT2D eigenvalue weighted by atomic mass is 16.2. The van der Waals surface area contributed by atoms with E-state index in [1.165, 1.54) is 33.4 Å². The number of nitrogens with one attached hydrogen (secondary N) is 1. The number of rotatable bonds is 11. The average Bonchev–Trinajstić information content (AvgIpc) is 3.00. The maximum Gasteiger partial charge on any atom is 0.219 e. The zero-order valence-corrected chi connectivity index (χ0v) is 23.6. The van der Waals surface area contributed by atoms with Gasteiger partial charge >= 0.3 is 0 Å². The van der Waals surface area contributed by atoms with Gasteiger partial charge in [0.05, 0.1) is 0 Å². The summed E-state index contributed by atoms with van der Waals surface area (Å²) in [6, 6.07) is 39.1. The van der Waals surface area contributed by atoms with E-state index < -0.39 is 0 Å². The Morgan fingerprint density at radius 3 is 2.08 bits per heavy atom. The van der Waals surface area contributed by atoms with E-state index in [1.54, 1.807) is 6.92 Å². The number of carbonyl (C=O) groups is 1. The summed E-state index contributed by atoms with van der Waals surface area (Å²) in [7, 11) is 0. The molecule has 0 spiro atoms. The fraction of sp³-hybridized carbons (Fsp3) is 0.306. The lowest BCUT2D eigenvalue weighted by Gasteiger charge is -2.38. The molecule has 4 aromatic rings. The van der Waals surface area contributed by atoms with Gasteiger partial charge < -0.3 is 10.2 Å². The lowest BCUT2D eigenvalue weighted by molar-refractivity contribution is -0.132. The molecular formula is C36H41N3O. The Labute approximate surface area is 239 Å². The summed E-state index contributed by atoms with van der Waals surface area (Å²) in [4.78, 5) is 17.3. The largest absolute Gasteiger partial charge is 0.336 e. The Morgan fingerprint density at radius 1 is 0.750 bits per heavy atom. The van der Waals surface area contributed by atoms with Crippen LogP contribution in [-0.2, 0) is 30.8 Å². The molecule has 0 radical (unpaired) electrons. The molecule has 1 saturated heterocycles. The summed E-state index contributed by atoms with van der Waals surface area (Å²) in [6.07, 6.45) is 3.08. The molecule has 1 aliphatic heterocycles. The Morgan fingerprint density at radius 2 is 1.40 bits per heavy atom. The number of carbonyl (C=O) groups excluding carboxylic acids is 1. The van der Waals surface area contributed by atoms with E-state index in [2.05, 4.69) is 124 Å². The fourth-order valence-electron chi connectivity index (χ4n) is 5.70. The van der Waals surface area contributed by atoms with Crippen LogP contribution in [0, 0.1) is 0 Å². The van der Waals surface area contributed by atoms with Crippen LogP contribution in [0.4, 0.5) is 0 Å². The Hall–Kier alpha value is -3.73. The molecular weight excluding hydrogens is 490 g/mol. The molecule has 4 aromatic carbocycles. The predicted molar refractivity (Wildman–Crippen MR) is 165 cm³/mol. The van der Waals surface area contributed by atoms with E-state index in [4.69, 9.17) is 0 Å². The Kier molecular flexibility index (Phi) is 9.78. The lowest BCUT2D eigenvalue weighted by atomic mass is 9.99. The van der Waals surface area contributed by atoms with Crippen LogP contribution in [-0.4, -0.2) is 41.4 Å². The van der Waals surface area contributed by atoms with Crippen molar-refractivity contribution in [2.45, 2.75) is 51.9 Å². The van der Waals surface area contributed by atoms with Crippen molar-refractivity contribution in [3.63, 3.8) is 0 Å². The van der Waals surface area contributed by atoms with Gasteiger partial charge in [0.15, 0.2) is 0 Å². The van der Waals surface area contributed by atoms with Crippen molar-refractivity contribution in [3.05, 3.63) is 131 Å². The summed E-state index contributed by atoms with van der Waals surface area (Å²) in [5.74, 6) is 0.163. The van der Waals surface area contributed by atoms with Crippen molar-refractivity contribution in [2.24, 2.45) is 0 Å². The number of piperidine rings is 1. The van der Waals surface area contributed by atoms with Crippen LogP contribution in [0.3, 0.4) is 0 Å². The second-order valence-corrected chi connectivity index (χ2v) is 10.9. The molecule has 0 saturated carbocycles. The molecule has 1 N–H and O–H groups in total. The number of nitrogens with zero attached hydrogens (tertiary/aromatic N) is 2. The van der Waals surface area contributed by atoms with Gasteiger partial charge in [0.1, 0.15) is 0 Å². The van der Waals surface area contributed by atoms with Gasteiger partial charge in [0.25, 0.3) is 0 Å². The summed E-state index contributed by atoms with van der Waals surface area (Å²) in [6.45, 7) is 7.24. The molecule has 1 amide bonds. The first-order chi connectivity index (χ1) is 19.6. The van der Waals surface area contributed by atoms with Gasteiger partial charge in [-0.1, -0.05) is 103 Å². The van der Waals surface area contributed by atoms with Crippen LogP contribution >= 0.6 is 0 Å². The van der Waals surface area contributed by atoms with Gasteiger partial charge in [-0.3, -0.25) is 9.69 Å². The third-order valence-electron chi connectivity index (χ3n) is 7.98. The van der Waals surface area contributed by atoms with Gasteiger partial charge in [0.2, 0.25) is 5.91 Å². The van der Waals surface area contributed by atoms with E-state index >= 15 is 0 Å². The first-order valence-corrected chi connectivity index (χ1v) is 14.6. The number of hydrogen-bond donors (Lipinski definition) is 1. The van der Waals surface area contributed by atoms with Crippen molar-refractivity contribution in [1.82, 2.24) is 15.1 Å². The maximum absolute atomic E-state index is 12.7. The second-order valence-electron chi connectivity index (χ2n) is 10.9. The minimum atomic E-state index is 0.163. The summed E-state index contributed by atoms with van der Waals surface area (Å²) < 4.78 is 0. The van der Waals surface area contributed by atoms with Crippen LogP contribution in [0.2, 0.25) is 0 Å². The normalized spacial score (nSPS) is 14.2. The SMILES string of the molecule is CC(=O)N(Cc1cccc(-c2ccc(CNCCc3ccccc3)cc2)c1)C1CCN(Cc2ccccc2)CC1. The van der Waals surface area contributed by atoms with Gasteiger partial charge in [-0.25, -0.2) is 0 Å². The average molecular weight is 532 g/mol. The summed E-state index contributed by atoms with van der Waals surface area (Å²) in [5, 5.41) is 3.56. The molecule has 206 valence electrons. The number of benzene rings is 4. The molecule has 40 heavy (non-hydrogen) atoms. The van der Waals surface area contributed by atoms with Gasteiger partial charge in [-0.2, -0.15) is 0 Å². The van der Waals surface area contributed by atoms with Crippen LogP contribution in [0.1, 0.15) is 42.0 Å². The predicted octanol–water partition coefficient (Wildman–Crippen LogP) is 6.70. The molecule has 0 unspecified atom stereocenters. The maximum atomic E-state index is 12.7. The molecule has 5 rings (SSSR count). The summed E-state index contributed by atoms with van der Waals surface area (Å²) in [5.41, 5.74) is 7.59. The topological polar surface area (TPSA) is 35.6 Å². The third kappa shape index (κ3) is 7.91. The second kappa shape index (κ2) is 14.1. The summed E-state index contributed by atoms with van der Waals surface area (Å²) >= 11 is 0. The first kappa shape index (κ1) is 27.8. The van der Waals surface area contributed by atoms with Gasteiger partial charge in [-0.15, -0.1) is 0 Å². The zero-order chi connectivity index (χ0) is 27.6. The van der Waals surface area contributed by atoms with Crippen LogP contribution < -0.4 is 5.32 Å². The fourth-order valence-corrected chi connectivity index (χ4v) is 5.70. The highest BCUT2D eigenvalue weighted by Gasteiger charge is 2.26. The van der Waals surface area contributed by atoms with Crippen molar-refractivity contribution in [3.8, 4) is 11.1 Å². The third-order valence-corrected chi connectivity index (χ3v) is 7.98. The molecule has 4 heteroatoms. The highest BCUT2D eigenvalue weighted by molar-refractivity contribution is 5.74. The van der Waals surface area contributed by atoms with Crippen LogP contribution in [0.15, 0.2) is 109 Å². The number of hydrogen-bond acceptors (Lipinski definition) is 3. The van der Waals surface area contributed by atoms with E-state index in [0.717, 1.165) is 52.0 Å². The molecule has 1 aliphatic rings. The monoisotopic (exact) mass is 531 g/mol. The van der Waals surface area contributed by atoms with Gasteiger partial charge in [0, 0.05) is 45.7 Å². The lowest BCUT2D eigenvalue weighted by Crippen LogP contribution is -2.46. The van der Waals surface area contributed by atoms with Crippen molar-refractivity contribution < 1.29 is 4.79 Å². The molecule has 4 nitrogen and oxygen atoms in total. The van der Waals surface area contributed by atoms with Gasteiger partial charge in [-0.05, 0) is 65.3 Å². The highest BCUT2D eigenvalue weighted by Crippen LogP contribution is 2.24. The molecule has 0 aromatic heterocycles. The zero-order valence-electron chi connectivity index (χ0n) is 23.6. The van der Waals surface area contributed by atoms with E-state index in [9.17, 15) is 4.79 Å². The molecule has 0 atom stereocenters. The Balaban J connectivity index is 1.14. The molecule has 0 aliphatic carbocycles. The molecule has 0 bridgehead atoms.